The molecule has 0 saturated heterocycles. The SMILES string of the molecule is Cc1cc(C=Nc2ccccc2)c(O)c(-c2cccc3cc4ccccc4cc23)c1. The second-order valence-corrected chi connectivity index (χ2v) is 7.57. The molecule has 0 spiro atoms. The van der Waals surface area contributed by atoms with E-state index in [9.17, 15) is 5.11 Å². The van der Waals surface area contributed by atoms with Gasteiger partial charge in [-0.15, -0.1) is 0 Å². The Morgan fingerprint density at radius 3 is 2.17 bits per heavy atom. The molecular formula is C28H21NO. The van der Waals surface area contributed by atoms with Gasteiger partial charge in [0.1, 0.15) is 5.75 Å². The summed E-state index contributed by atoms with van der Waals surface area (Å²) < 4.78 is 0. The normalized spacial score (nSPS) is 11.5. The van der Waals surface area contributed by atoms with Crippen molar-refractivity contribution in [3.05, 3.63) is 108 Å². The molecule has 2 nitrogen and oxygen atoms in total. The van der Waals surface area contributed by atoms with Gasteiger partial charge in [0.25, 0.3) is 0 Å². The Hall–Kier alpha value is -3.91. The summed E-state index contributed by atoms with van der Waals surface area (Å²) in [4.78, 5) is 4.53. The maximum absolute atomic E-state index is 11.1. The molecule has 30 heavy (non-hydrogen) atoms. The van der Waals surface area contributed by atoms with E-state index in [2.05, 4.69) is 53.5 Å². The van der Waals surface area contributed by atoms with Gasteiger partial charge >= 0.3 is 0 Å². The van der Waals surface area contributed by atoms with E-state index in [0.29, 0.717) is 5.56 Å². The van der Waals surface area contributed by atoms with E-state index in [1.165, 1.54) is 10.8 Å². The quantitative estimate of drug-likeness (QED) is 0.253. The molecule has 0 atom stereocenters. The Balaban J connectivity index is 1.69. The molecule has 0 aromatic heterocycles. The number of nitrogens with zero attached hydrogens (tertiary/aromatic N) is 1. The summed E-state index contributed by atoms with van der Waals surface area (Å²) >= 11 is 0. The number of aromatic hydroxyl groups is 1. The van der Waals surface area contributed by atoms with Crippen LogP contribution < -0.4 is 0 Å². The van der Waals surface area contributed by atoms with Crippen LogP contribution in [0.15, 0.2) is 102 Å². The minimum atomic E-state index is 0.251. The smallest absolute Gasteiger partial charge is 0.132 e. The van der Waals surface area contributed by atoms with Crippen molar-refractivity contribution in [2.45, 2.75) is 6.92 Å². The second-order valence-electron chi connectivity index (χ2n) is 7.57. The number of fused-ring (bicyclic) bond motifs is 2. The molecule has 0 aliphatic carbocycles. The standard InChI is InChI=1S/C28H21NO/c1-19-14-23(18-29-24-11-3-2-4-12-24)28(30)27(15-19)25-13-7-10-22-16-20-8-5-6-9-21(20)17-26(22)25/h2-18,30H,1H3. The molecule has 144 valence electrons. The minimum Gasteiger partial charge on any atom is -0.507 e. The predicted molar refractivity (Wildman–Crippen MR) is 127 cm³/mol. The number of aryl methyl sites for hydroxylation is 1. The van der Waals surface area contributed by atoms with Gasteiger partial charge in [-0.05, 0) is 76.0 Å². The van der Waals surface area contributed by atoms with Crippen LogP contribution in [0.2, 0.25) is 0 Å². The van der Waals surface area contributed by atoms with Crippen molar-refractivity contribution in [3.63, 3.8) is 0 Å². The lowest BCUT2D eigenvalue weighted by Crippen LogP contribution is -1.90. The highest BCUT2D eigenvalue weighted by atomic mass is 16.3. The molecule has 0 aliphatic rings. The van der Waals surface area contributed by atoms with Crippen molar-refractivity contribution in [3.8, 4) is 16.9 Å². The number of hydrogen-bond donors (Lipinski definition) is 1. The van der Waals surface area contributed by atoms with E-state index in [4.69, 9.17) is 0 Å². The third kappa shape index (κ3) is 3.33. The van der Waals surface area contributed by atoms with Crippen LogP contribution in [0.25, 0.3) is 32.7 Å². The molecule has 5 aromatic rings. The Morgan fingerprint density at radius 2 is 1.37 bits per heavy atom. The summed E-state index contributed by atoms with van der Waals surface area (Å²) in [6.07, 6.45) is 1.74. The number of benzene rings is 5. The summed E-state index contributed by atoms with van der Waals surface area (Å²) in [5.74, 6) is 0.251. The zero-order chi connectivity index (χ0) is 20.5. The zero-order valence-corrected chi connectivity index (χ0v) is 16.7. The van der Waals surface area contributed by atoms with Crippen LogP contribution in [-0.4, -0.2) is 11.3 Å². The molecule has 0 heterocycles. The van der Waals surface area contributed by atoms with Crippen molar-refractivity contribution in [1.29, 1.82) is 0 Å². The first-order valence-corrected chi connectivity index (χ1v) is 10.0. The summed E-state index contributed by atoms with van der Waals surface area (Å²) in [6, 6.07) is 32.8. The third-order valence-electron chi connectivity index (χ3n) is 5.43. The average molecular weight is 387 g/mol. The summed E-state index contributed by atoms with van der Waals surface area (Å²) in [7, 11) is 0. The molecule has 0 radical (unpaired) electrons. The van der Waals surface area contributed by atoms with Gasteiger partial charge < -0.3 is 5.11 Å². The van der Waals surface area contributed by atoms with Gasteiger partial charge in [0.05, 0.1) is 5.69 Å². The lowest BCUT2D eigenvalue weighted by atomic mass is 9.93. The van der Waals surface area contributed by atoms with Crippen molar-refractivity contribution in [1.82, 2.24) is 0 Å². The van der Waals surface area contributed by atoms with Crippen molar-refractivity contribution >= 4 is 33.4 Å². The summed E-state index contributed by atoms with van der Waals surface area (Å²) in [6.45, 7) is 2.04. The fourth-order valence-corrected chi connectivity index (χ4v) is 3.97. The van der Waals surface area contributed by atoms with Gasteiger partial charge in [-0.3, -0.25) is 4.99 Å². The minimum absolute atomic E-state index is 0.251. The second kappa shape index (κ2) is 7.49. The molecule has 5 rings (SSSR count). The molecule has 0 saturated carbocycles. The van der Waals surface area contributed by atoms with Gasteiger partial charge in [0.2, 0.25) is 0 Å². The van der Waals surface area contributed by atoms with Crippen LogP contribution in [0.3, 0.4) is 0 Å². The van der Waals surface area contributed by atoms with Crippen molar-refractivity contribution in [2.24, 2.45) is 4.99 Å². The third-order valence-corrected chi connectivity index (χ3v) is 5.43. The highest BCUT2D eigenvalue weighted by Crippen LogP contribution is 2.38. The highest BCUT2D eigenvalue weighted by molar-refractivity contribution is 6.06. The zero-order valence-electron chi connectivity index (χ0n) is 16.7. The average Bonchev–Trinajstić information content (AvgIpc) is 2.78. The van der Waals surface area contributed by atoms with Crippen molar-refractivity contribution < 1.29 is 5.11 Å². The van der Waals surface area contributed by atoms with Crippen LogP contribution in [0.5, 0.6) is 5.75 Å². The maximum atomic E-state index is 11.1. The van der Waals surface area contributed by atoms with E-state index in [-0.39, 0.29) is 5.75 Å². The Kier molecular flexibility index (Phi) is 4.53. The first kappa shape index (κ1) is 18.1. The lowest BCUT2D eigenvalue weighted by Gasteiger charge is -2.13. The lowest BCUT2D eigenvalue weighted by molar-refractivity contribution is 0.476. The fraction of sp³-hybridized carbons (Fsp3) is 0.0357. The number of hydrogen-bond acceptors (Lipinski definition) is 2. The van der Waals surface area contributed by atoms with Gasteiger partial charge in [0, 0.05) is 17.3 Å². The van der Waals surface area contributed by atoms with E-state index in [1.54, 1.807) is 6.21 Å². The van der Waals surface area contributed by atoms with Gasteiger partial charge in [0.15, 0.2) is 0 Å². The Labute approximate surface area is 175 Å². The number of phenolic OH excluding ortho intramolecular Hbond substituents is 1. The van der Waals surface area contributed by atoms with E-state index in [0.717, 1.165) is 33.2 Å². The first-order valence-electron chi connectivity index (χ1n) is 10.0. The number of para-hydroxylation sites is 1. The molecule has 5 aromatic carbocycles. The molecule has 0 unspecified atom stereocenters. The van der Waals surface area contributed by atoms with E-state index >= 15 is 0 Å². The maximum Gasteiger partial charge on any atom is 0.132 e. The highest BCUT2D eigenvalue weighted by Gasteiger charge is 2.13. The van der Waals surface area contributed by atoms with Crippen LogP contribution in [-0.2, 0) is 0 Å². The monoisotopic (exact) mass is 387 g/mol. The van der Waals surface area contributed by atoms with Crippen LogP contribution in [0.1, 0.15) is 11.1 Å². The van der Waals surface area contributed by atoms with Crippen LogP contribution >= 0.6 is 0 Å². The van der Waals surface area contributed by atoms with Gasteiger partial charge in [-0.25, -0.2) is 0 Å². The number of rotatable bonds is 3. The Bertz CT molecular complexity index is 1400. The summed E-state index contributed by atoms with van der Waals surface area (Å²) in [5.41, 5.74) is 4.50. The molecule has 0 bridgehead atoms. The first-order chi connectivity index (χ1) is 14.7. The van der Waals surface area contributed by atoms with Crippen LogP contribution in [0, 0.1) is 6.92 Å². The number of phenols is 1. The Morgan fingerprint density at radius 1 is 0.667 bits per heavy atom. The molecule has 1 N–H and O–H groups in total. The van der Waals surface area contributed by atoms with Crippen molar-refractivity contribution in [2.75, 3.05) is 0 Å². The molecule has 2 heteroatoms. The van der Waals surface area contributed by atoms with Gasteiger partial charge in [-0.2, -0.15) is 0 Å². The number of aliphatic imine (C=N–C) groups is 1. The summed E-state index contributed by atoms with van der Waals surface area (Å²) in [5, 5.41) is 15.8. The largest absolute Gasteiger partial charge is 0.507 e. The molecule has 0 aliphatic heterocycles. The van der Waals surface area contributed by atoms with E-state index < -0.39 is 0 Å². The topological polar surface area (TPSA) is 32.6 Å². The molecule has 0 fully saturated rings. The molecule has 0 amide bonds. The predicted octanol–water partition coefficient (Wildman–Crippen LogP) is 7.42. The molecular weight excluding hydrogens is 366 g/mol. The van der Waals surface area contributed by atoms with Crippen LogP contribution in [0.4, 0.5) is 5.69 Å². The fourth-order valence-electron chi connectivity index (χ4n) is 3.97. The van der Waals surface area contributed by atoms with Gasteiger partial charge in [-0.1, -0.05) is 60.7 Å². The van der Waals surface area contributed by atoms with E-state index in [1.807, 2.05) is 55.5 Å².